The fourth-order valence-electron chi connectivity index (χ4n) is 3.32. The van der Waals surface area contributed by atoms with Crippen LogP contribution in [0, 0.1) is 5.92 Å². The number of carbonyl (C=O) groups excluding carboxylic acids is 1. The van der Waals surface area contributed by atoms with Crippen molar-refractivity contribution in [2.24, 2.45) is 5.92 Å². The molecule has 1 aliphatic heterocycles. The molecule has 4 rings (SSSR count). The van der Waals surface area contributed by atoms with Gasteiger partial charge in [-0.3, -0.25) is 14.3 Å². The van der Waals surface area contributed by atoms with E-state index in [-0.39, 0.29) is 11.8 Å². The summed E-state index contributed by atoms with van der Waals surface area (Å²) < 4.78 is 1.89. The van der Waals surface area contributed by atoms with Crippen molar-refractivity contribution in [2.75, 3.05) is 18.0 Å². The maximum atomic E-state index is 12.6. The Morgan fingerprint density at radius 2 is 1.96 bits per heavy atom. The zero-order chi connectivity index (χ0) is 18.5. The summed E-state index contributed by atoms with van der Waals surface area (Å²) in [6.07, 6.45) is 8.38. The minimum absolute atomic E-state index is 0.00557. The molecular formula is C19H21N7O. The summed E-state index contributed by atoms with van der Waals surface area (Å²) >= 11 is 0. The van der Waals surface area contributed by atoms with Crippen molar-refractivity contribution in [2.45, 2.75) is 19.4 Å². The molecule has 0 saturated carbocycles. The third kappa shape index (κ3) is 3.94. The van der Waals surface area contributed by atoms with Gasteiger partial charge in [-0.15, -0.1) is 10.2 Å². The van der Waals surface area contributed by atoms with Crippen LogP contribution in [0.2, 0.25) is 0 Å². The van der Waals surface area contributed by atoms with Crippen LogP contribution in [0.1, 0.15) is 18.7 Å². The van der Waals surface area contributed by atoms with Crippen LogP contribution in [0.5, 0.6) is 0 Å². The molecule has 27 heavy (non-hydrogen) atoms. The second kappa shape index (κ2) is 7.94. The largest absolute Gasteiger partial charge is 0.355 e. The Balaban J connectivity index is 1.32. The first kappa shape index (κ1) is 17.1. The first-order chi connectivity index (χ1) is 13.3. The van der Waals surface area contributed by atoms with Gasteiger partial charge in [0.15, 0.2) is 5.82 Å². The molecule has 3 aromatic rings. The van der Waals surface area contributed by atoms with Gasteiger partial charge in [-0.2, -0.15) is 0 Å². The van der Waals surface area contributed by atoms with Crippen molar-refractivity contribution in [3.8, 4) is 5.69 Å². The topological polar surface area (TPSA) is 88.8 Å². The van der Waals surface area contributed by atoms with E-state index in [2.05, 4.69) is 30.4 Å². The second-order valence-electron chi connectivity index (χ2n) is 6.50. The van der Waals surface area contributed by atoms with Crippen LogP contribution in [0.25, 0.3) is 5.69 Å². The first-order valence-electron chi connectivity index (χ1n) is 9.04. The summed E-state index contributed by atoms with van der Waals surface area (Å²) in [5, 5.41) is 11.1. The number of piperidine rings is 1. The summed E-state index contributed by atoms with van der Waals surface area (Å²) in [6.45, 7) is 1.96. The molecule has 0 bridgehead atoms. The molecule has 2 aromatic heterocycles. The van der Waals surface area contributed by atoms with E-state index in [9.17, 15) is 4.79 Å². The number of carbonyl (C=O) groups is 1. The SMILES string of the molecule is O=C(NCc1nncn1-c1ccccc1)C1CCN(c2cnccn2)CC1. The Morgan fingerprint density at radius 1 is 1.15 bits per heavy atom. The highest BCUT2D eigenvalue weighted by molar-refractivity contribution is 5.78. The van der Waals surface area contributed by atoms with Gasteiger partial charge in [-0.05, 0) is 25.0 Å². The average molecular weight is 363 g/mol. The van der Waals surface area contributed by atoms with Gasteiger partial charge in [0.05, 0.1) is 12.7 Å². The number of benzene rings is 1. The van der Waals surface area contributed by atoms with Crippen LogP contribution in [0.3, 0.4) is 0 Å². The maximum Gasteiger partial charge on any atom is 0.223 e. The lowest BCUT2D eigenvalue weighted by molar-refractivity contribution is -0.125. The summed E-state index contributed by atoms with van der Waals surface area (Å²) in [4.78, 5) is 23.2. The Labute approximate surface area is 157 Å². The van der Waals surface area contributed by atoms with Crippen molar-refractivity contribution in [3.05, 3.63) is 61.1 Å². The van der Waals surface area contributed by atoms with Crippen LogP contribution < -0.4 is 10.2 Å². The standard InChI is InChI=1S/C19H21N7O/c27-19(15-6-10-25(11-7-15)17-12-20-8-9-21-17)22-13-18-24-23-14-26(18)16-4-2-1-3-5-16/h1-5,8-9,12,14-15H,6-7,10-11,13H2,(H,22,27). The Hall–Kier alpha value is -3.29. The lowest BCUT2D eigenvalue weighted by Gasteiger charge is -2.31. The molecule has 1 amide bonds. The van der Waals surface area contributed by atoms with Gasteiger partial charge in [0.1, 0.15) is 12.1 Å². The van der Waals surface area contributed by atoms with E-state index in [1.54, 1.807) is 24.9 Å². The highest BCUT2D eigenvalue weighted by Gasteiger charge is 2.25. The average Bonchev–Trinajstić information content (AvgIpc) is 3.22. The molecular weight excluding hydrogens is 342 g/mol. The Kier molecular flexibility index (Phi) is 5.04. The first-order valence-corrected chi connectivity index (χ1v) is 9.04. The smallest absolute Gasteiger partial charge is 0.223 e. The molecule has 0 unspecified atom stereocenters. The fourth-order valence-corrected chi connectivity index (χ4v) is 3.32. The van der Waals surface area contributed by atoms with Gasteiger partial charge in [-0.1, -0.05) is 18.2 Å². The number of anilines is 1. The van der Waals surface area contributed by atoms with Crippen LogP contribution in [-0.2, 0) is 11.3 Å². The summed E-state index contributed by atoms with van der Waals surface area (Å²) in [5.74, 6) is 1.65. The minimum atomic E-state index is 0.00557. The highest BCUT2D eigenvalue weighted by Crippen LogP contribution is 2.21. The fraction of sp³-hybridized carbons (Fsp3) is 0.316. The Morgan fingerprint density at radius 3 is 2.70 bits per heavy atom. The van der Waals surface area contributed by atoms with Crippen LogP contribution >= 0.6 is 0 Å². The van der Waals surface area contributed by atoms with E-state index >= 15 is 0 Å². The van der Waals surface area contributed by atoms with E-state index < -0.39 is 0 Å². The number of amides is 1. The highest BCUT2D eigenvalue weighted by atomic mass is 16.1. The van der Waals surface area contributed by atoms with Crippen LogP contribution in [-0.4, -0.2) is 43.7 Å². The predicted molar refractivity (Wildman–Crippen MR) is 100 cm³/mol. The second-order valence-corrected chi connectivity index (χ2v) is 6.50. The molecule has 0 radical (unpaired) electrons. The van der Waals surface area contributed by atoms with Crippen molar-refractivity contribution < 1.29 is 4.79 Å². The van der Waals surface area contributed by atoms with Crippen molar-refractivity contribution in [1.82, 2.24) is 30.0 Å². The van der Waals surface area contributed by atoms with Crippen molar-refractivity contribution in [1.29, 1.82) is 0 Å². The number of hydrogen-bond donors (Lipinski definition) is 1. The molecule has 138 valence electrons. The van der Waals surface area contributed by atoms with Crippen LogP contribution in [0.15, 0.2) is 55.2 Å². The number of para-hydroxylation sites is 1. The van der Waals surface area contributed by atoms with Crippen molar-refractivity contribution in [3.63, 3.8) is 0 Å². The van der Waals surface area contributed by atoms with E-state index in [1.807, 2.05) is 34.9 Å². The van der Waals surface area contributed by atoms with Gasteiger partial charge >= 0.3 is 0 Å². The number of aromatic nitrogens is 5. The molecule has 0 aliphatic carbocycles. The molecule has 0 atom stereocenters. The number of nitrogens with one attached hydrogen (secondary N) is 1. The molecule has 8 nitrogen and oxygen atoms in total. The molecule has 0 spiro atoms. The van der Waals surface area contributed by atoms with Gasteiger partial charge in [0.25, 0.3) is 0 Å². The maximum absolute atomic E-state index is 12.6. The van der Waals surface area contributed by atoms with E-state index in [0.717, 1.165) is 37.4 Å². The number of hydrogen-bond acceptors (Lipinski definition) is 6. The van der Waals surface area contributed by atoms with Gasteiger partial charge in [-0.25, -0.2) is 4.98 Å². The summed E-state index contributed by atoms with van der Waals surface area (Å²) in [7, 11) is 0. The molecule has 1 N–H and O–H groups in total. The van der Waals surface area contributed by atoms with E-state index in [0.29, 0.717) is 12.4 Å². The molecule has 1 aliphatic rings. The lowest BCUT2D eigenvalue weighted by Crippen LogP contribution is -2.40. The molecule has 8 heteroatoms. The monoisotopic (exact) mass is 363 g/mol. The van der Waals surface area contributed by atoms with E-state index in [1.165, 1.54) is 0 Å². The summed E-state index contributed by atoms with van der Waals surface area (Å²) in [6, 6.07) is 9.85. The zero-order valence-electron chi connectivity index (χ0n) is 14.9. The summed E-state index contributed by atoms with van der Waals surface area (Å²) in [5.41, 5.74) is 0.976. The van der Waals surface area contributed by atoms with Gasteiger partial charge in [0.2, 0.25) is 5.91 Å². The molecule has 1 aromatic carbocycles. The molecule has 1 saturated heterocycles. The quantitative estimate of drug-likeness (QED) is 0.741. The number of rotatable bonds is 5. The Bertz CT molecular complexity index is 873. The predicted octanol–water partition coefficient (Wildman–Crippen LogP) is 1.59. The van der Waals surface area contributed by atoms with Gasteiger partial charge < -0.3 is 10.2 Å². The minimum Gasteiger partial charge on any atom is -0.355 e. The molecule has 3 heterocycles. The van der Waals surface area contributed by atoms with Crippen LogP contribution in [0.4, 0.5) is 5.82 Å². The number of nitrogens with zero attached hydrogens (tertiary/aromatic N) is 6. The normalized spacial score (nSPS) is 14.9. The lowest BCUT2D eigenvalue weighted by atomic mass is 9.96. The van der Waals surface area contributed by atoms with Gasteiger partial charge in [0, 0.05) is 37.1 Å². The third-order valence-corrected chi connectivity index (χ3v) is 4.81. The zero-order valence-corrected chi connectivity index (χ0v) is 14.9. The van der Waals surface area contributed by atoms with Crippen molar-refractivity contribution >= 4 is 11.7 Å². The molecule has 1 fully saturated rings. The third-order valence-electron chi connectivity index (χ3n) is 4.81. The van der Waals surface area contributed by atoms with E-state index in [4.69, 9.17) is 0 Å².